The summed E-state index contributed by atoms with van der Waals surface area (Å²) in [5.74, 6) is -3.09. The number of nitrogens with two attached hydrogens (primary N) is 1. The average molecular weight is 491 g/mol. The number of carbonyl (C=O) groups is 1. The number of amidine groups is 1. The summed E-state index contributed by atoms with van der Waals surface area (Å²) < 4.78 is 91.1. The Kier molecular flexibility index (Phi) is 6.48. The number of hydrogen-bond acceptors (Lipinski definition) is 7. The van der Waals surface area contributed by atoms with Crippen molar-refractivity contribution in [1.82, 2.24) is 10.2 Å². The fourth-order valence-corrected chi connectivity index (χ4v) is 3.16. The Hall–Kier alpha value is -3.42. The molecule has 0 saturated carbocycles. The molecule has 0 spiro atoms. The van der Waals surface area contributed by atoms with Gasteiger partial charge in [0.2, 0.25) is 11.5 Å². The second kappa shape index (κ2) is 8.74. The van der Waals surface area contributed by atoms with E-state index in [0.29, 0.717) is 6.92 Å². The van der Waals surface area contributed by atoms with Crippen LogP contribution in [-0.2, 0) is 10.3 Å². The number of carbonyl (C=O) groups excluding carboxylic acids is 1. The fraction of sp³-hybridized carbons (Fsp3) is 0.400. The van der Waals surface area contributed by atoms with Gasteiger partial charge < -0.3 is 20.5 Å². The molecular formula is C20H19F6N5O3. The molecular weight excluding hydrogens is 472 g/mol. The summed E-state index contributed by atoms with van der Waals surface area (Å²) in [6.07, 6.45) is -7.94. The quantitative estimate of drug-likeness (QED) is 0.617. The van der Waals surface area contributed by atoms with E-state index in [-0.39, 0.29) is 17.1 Å². The van der Waals surface area contributed by atoms with Crippen LogP contribution in [0.2, 0.25) is 0 Å². The molecule has 0 saturated heterocycles. The van der Waals surface area contributed by atoms with Crippen LogP contribution >= 0.6 is 0 Å². The molecule has 14 heteroatoms. The number of benzene rings is 1. The minimum absolute atomic E-state index is 0.0709. The molecule has 1 aromatic heterocycles. The number of rotatable bonds is 5. The molecule has 0 bridgehead atoms. The van der Waals surface area contributed by atoms with Crippen molar-refractivity contribution in [3.05, 3.63) is 46.9 Å². The molecule has 0 radical (unpaired) electrons. The normalized spacial score (nSPS) is 22.9. The number of hydrogen-bond donors (Lipinski definition) is 2. The van der Waals surface area contributed by atoms with Crippen LogP contribution in [0.5, 0.6) is 5.88 Å². The molecule has 2 unspecified atom stereocenters. The van der Waals surface area contributed by atoms with Gasteiger partial charge >= 0.3 is 6.18 Å². The van der Waals surface area contributed by atoms with Gasteiger partial charge in [0.15, 0.2) is 5.69 Å². The van der Waals surface area contributed by atoms with Crippen LogP contribution in [0.25, 0.3) is 0 Å². The van der Waals surface area contributed by atoms with Crippen molar-refractivity contribution < 1.29 is 40.6 Å². The topological polar surface area (TPSA) is 112 Å². The highest BCUT2D eigenvalue weighted by molar-refractivity contribution is 6.04. The van der Waals surface area contributed by atoms with Gasteiger partial charge in [0, 0.05) is 17.3 Å². The van der Waals surface area contributed by atoms with Gasteiger partial charge in [0.25, 0.3) is 12.3 Å². The number of amides is 1. The van der Waals surface area contributed by atoms with E-state index in [2.05, 4.69) is 20.5 Å². The minimum atomic E-state index is -4.86. The number of alkyl halides is 5. The number of aromatic nitrogens is 2. The lowest BCUT2D eigenvalue weighted by atomic mass is 9.89. The summed E-state index contributed by atoms with van der Waals surface area (Å²) in [6.45, 7) is 1.32. The molecule has 34 heavy (non-hydrogen) atoms. The second-order valence-electron chi connectivity index (χ2n) is 7.73. The zero-order valence-corrected chi connectivity index (χ0v) is 18.0. The van der Waals surface area contributed by atoms with Crippen molar-refractivity contribution in [2.75, 3.05) is 19.0 Å². The molecule has 0 aliphatic carbocycles. The van der Waals surface area contributed by atoms with Gasteiger partial charge in [0.1, 0.15) is 17.2 Å². The van der Waals surface area contributed by atoms with Crippen LogP contribution in [0.15, 0.2) is 29.3 Å². The van der Waals surface area contributed by atoms with E-state index < -0.39 is 59.2 Å². The van der Waals surface area contributed by atoms with E-state index in [0.717, 1.165) is 24.3 Å². The van der Waals surface area contributed by atoms with Gasteiger partial charge in [-0.15, -0.1) is 10.2 Å². The van der Waals surface area contributed by atoms with Gasteiger partial charge in [-0.2, -0.15) is 13.2 Å². The number of halogens is 6. The first-order valence-corrected chi connectivity index (χ1v) is 9.59. The Bertz CT molecular complexity index is 1140. The third-order valence-electron chi connectivity index (χ3n) is 5.30. The number of anilines is 1. The molecule has 184 valence electrons. The van der Waals surface area contributed by atoms with E-state index in [1.54, 1.807) is 0 Å². The first-order valence-electron chi connectivity index (χ1n) is 9.59. The van der Waals surface area contributed by atoms with E-state index in [1.165, 1.54) is 14.0 Å². The third-order valence-corrected chi connectivity index (χ3v) is 5.30. The molecule has 1 aromatic carbocycles. The number of methoxy groups -OCH3 is 1. The van der Waals surface area contributed by atoms with E-state index >= 15 is 0 Å². The first kappa shape index (κ1) is 25.2. The molecule has 3 N–H and O–H groups in total. The van der Waals surface area contributed by atoms with Gasteiger partial charge in [-0.05, 0) is 32.0 Å². The van der Waals surface area contributed by atoms with Crippen LogP contribution in [0.1, 0.15) is 41.9 Å². The predicted octanol–water partition coefficient (Wildman–Crippen LogP) is 3.74. The van der Waals surface area contributed by atoms with E-state index in [1.807, 2.05) is 0 Å². The van der Waals surface area contributed by atoms with Gasteiger partial charge in [-0.25, -0.2) is 13.2 Å². The van der Waals surface area contributed by atoms with Crippen LogP contribution in [0.4, 0.5) is 32.0 Å². The summed E-state index contributed by atoms with van der Waals surface area (Å²) in [5.41, 5.74) is -0.743. The van der Waals surface area contributed by atoms with Crippen LogP contribution in [0.3, 0.4) is 0 Å². The summed E-state index contributed by atoms with van der Waals surface area (Å²) in [4.78, 5) is 16.4. The van der Waals surface area contributed by atoms with E-state index in [9.17, 15) is 31.1 Å². The van der Waals surface area contributed by atoms with Gasteiger partial charge in [0.05, 0.1) is 19.3 Å². The Labute approximate surface area is 189 Å². The number of nitrogens with zero attached hydrogens (tertiary/aromatic N) is 3. The van der Waals surface area contributed by atoms with Crippen molar-refractivity contribution in [3.8, 4) is 5.88 Å². The van der Waals surface area contributed by atoms with Crippen molar-refractivity contribution in [2.45, 2.75) is 37.6 Å². The predicted molar refractivity (Wildman–Crippen MR) is 107 cm³/mol. The van der Waals surface area contributed by atoms with Crippen molar-refractivity contribution in [1.29, 1.82) is 0 Å². The largest absolute Gasteiger partial charge is 0.480 e. The highest BCUT2D eigenvalue weighted by Crippen LogP contribution is 2.41. The van der Waals surface area contributed by atoms with Crippen LogP contribution < -0.4 is 15.8 Å². The van der Waals surface area contributed by atoms with Gasteiger partial charge in [-0.1, -0.05) is 0 Å². The fourth-order valence-electron chi connectivity index (χ4n) is 3.16. The van der Waals surface area contributed by atoms with Crippen LogP contribution in [-0.4, -0.2) is 47.4 Å². The summed E-state index contributed by atoms with van der Waals surface area (Å²) in [6, 6.07) is 3.98. The average Bonchev–Trinajstić information content (AvgIpc) is 2.76. The number of ether oxygens (including phenoxy) is 2. The highest BCUT2D eigenvalue weighted by Gasteiger charge is 2.59. The Morgan fingerprint density at radius 2 is 1.91 bits per heavy atom. The Balaban J connectivity index is 1.95. The lowest BCUT2D eigenvalue weighted by molar-refractivity contribution is -0.249. The zero-order valence-electron chi connectivity index (χ0n) is 18.0. The molecule has 3 rings (SSSR count). The van der Waals surface area contributed by atoms with Gasteiger partial charge in [-0.3, -0.25) is 9.79 Å². The third kappa shape index (κ3) is 4.49. The molecule has 2 aromatic rings. The number of nitrogens with one attached hydrogen (secondary N) is 1. The maximum atomic E-state index is 14.6. The SMILES string of the molecule is COc1cc(C(F)F)c(C(=O)Nc2ccc(F)c(C3(C)COC(C)(C(F)(F)F)C(N)=N3)c2)nn1. The summed E-state index contributed by atoms with van der Waals surface area (Å²) >= 11 is 0. The van der Waals surface area contributed by atoms with Crippen molar-refractivity contribution >= 4 is 17.4 Å². The first-order chi connectivity index (χ1) is 15.7. The van der Waals surface area contributed by atoms with E-state index in [4.69, 9.17) is 15.2 Å². The summed E-state index contributed by atoms with van der Waals surface area (Å²) in [5, 5.41) is 9.23. The monoisotopic (exact) mass is 491 g/mol. The lowest BCUT2D eigenvalue weighted by Crippen LogP contribution is -2.60. The van der Waals surface area contributed by atoms with Crippen molar-refractivity contribution in [3.63, 3.8) is 0 Å². The maximum Gasteiger partial charge on any atom is 0.424 e. The Morgan fingerprint density at radius 1 is 1.24 bits per heavy atom. The molecule has 1 aliphatic heterocycles. The summed E-state index contributed by atoms with van der Waals surface area (Å²) in [7, 11) is 1.18. The highest BCUT2D eigenvalue weighted by atomic mass is 19.4. The molecule has 2 heterocycles. The Morgan fingerprint density at radius 3 is 2.47 bits per heavy atom. The molecule has 2 atom stereocenters. The van der Waals surface area contributed by atoms with Crippen LogP contribution in [0, 0.1) is 5.82 Å². The maximum absolute atomic E-state index is 14.6. The zero-order chi connectivity index (χ0) is 25.5. The molecule has 0 fully saturated rings. The standard InChI is InChI=1S/C20H19F6N5O3/c1-18(8-34-19(2,17(27)29-18)20(24,25)26)11-6-9(4-5-12(11)21)28-16(32)14-10(15(22)23)7-13(33-3)30-31-14/h4-7,15H,8H2,1-3H3,(H2,27,29)(H,28,32). The van der Waals surface area contributed by atoms with Crippen molar-refractivity contribution in [2.24, 2.45) is 10.7 Å². The molecule has 1 amide bonds. The second-order valence-corrected chi connectivity index (χ2v) is 7.73. The molecule has 1 aliphatic rings. The molecule has 8 nitrogen and oxygen atoms in total. The number of aliphatic imine (C=N–C) groups is 1. The minimum Gasteiger partial charge on any atom is -0.480 e. The smallest absolute Gasteiger partial charge is 0.424 e. The lowest BCUT2D eigenvalue weighted by Gasteiger charge is -2.41.